The molecule has 0 atom stereocenters. The minimum absolute atomic E-state index is 0.130. The molecule has 0 spiro atoms. The number of phenolic OH excluding ortho intramolecular Hbond substituents is 1. The Balaban J connectivity index is 0.000000461. The summed E-state index contributed by atoms with van der Waals surface area (Å²) in [6, 6.07) is 3.38. The maximum atomic E-state index is 10.9. The van der Waals surface area contributed by atoms with Gasteiger partial charge in [-0.3, -0.25) is 4.79 Å². The van der Waals surface area contributed by atoms with Gasteiger partial charge in [0.05, 0.1) is 4.70 Å². The maximum absolute atomic E-state index is 10.9. The first kappa shape index (κ1) is 10.8. The molecule has 1 aromatic heterocycles. The fraction of sp³-hybridized carbons (Fsp3) is 0.300. The van der Waals surface area contributed by atoms with Crippen molar-refractivity contribution >= 4 is 21.6 Å². The second kappa shape index (κ2) is 4.28. The molecule has 2 N–H and O–H groups in total. The Kier molecular flexibility index (Phi) is 3.30. The predicted octanol–water partition coefficient (Wildman–Crippen LogP) is 2.63. The van der Waals surface area contributed by atoms with Crippen molar-refractivity contribution in [3.05, 3.63) is 27.4 Å². The smallest absolute Gasteiger partial charge is 0.305 e. The highest BCUT2D eigenvalue weighted by Crippen LogP contribution is 2.26. The van der Waals surface area contributed by atoms with Crippen molar-refractivity contribution in [2.45, 2.75) is 20.8 Å². The molecular formula is C10H13NO2S. The van der Waals surface area contributed by atoms with Gasteiger partial charge < -0.3 is 10.1 Å². The Morgan fingerprint density at radius 3 is 2.57 bits per heavy atom. The number of thiazole rings is 1. The summed E-state index contributed by atoms with van der Waals surface area (Å²) in [5, 5.41) is 9.35. The van der Waals surface area contributed by atoms with Crippen molar-refractivity contribution in [3.63, 3.8) is 0 Å². The standard InChI is InChI=1S/C8H7NO2S.C2H6/c1-4-2-3-5(10)6-7(4)12-8(11)9-6;1-2/h2-3,10H,1H3,(H,9,11);1-2H3. The van der Waals surface area contributed by atoms with Crippen LogP contribution in [-0.4, -0.2) is 10.1 Å². The third kappa shape index (κ3) is 1.80. The highest BCUT2D eigenvalue weighted by molar-refractivity contribution is 7.16. The number of phenols is 1. The van der Waals surface area contributed by atoms with Gasteiger partial charge in [0.15, 0.2) is 0 Å². The quantitative estimate of drug-likeness (QED) is 0.703. The molecule has 0 aliphatic rings. The van der Waals surface area contributed by atoms with E-state index in [0.717, 1.165) is 21.6 Å². The van der Waals surface area contributed by atoms with Crippen molar-refractivity contribution in [1.29, 1.82) is 0 Å². The maximum Gasteiger partial charge on any atom is 0.305 e. The average molecular weight is 211 g/mol. The van der Waals surface area contributed by atoms with Gasteiger partial charge in [0.2, 0.25) is 0 Å². The van der Waals surface area contributed by atoms with E-state index in [1.165, 1.54) is 0 Å². The number of nitrogens with one attached hydrogen (secondary N) is 1. The number of hydrogen-bond acceptors (Lipinski definition) is 3. The topological polar surface area (TPSA) is 53.1 Å². The summed E-state index contributed by atoms with van der Waals surface area (Å²) in [6.45, 7) is 5.91. The summed E-state index contributed by atoms with van der Waals surface area (Å²) in [7, 11) is 0. The van der Waals surface area contributed by atoms with Crippen LogP contribution in [0.15, 0.2) is 16.9 Å². The molecule has 76 valence electrons. The molecular weight excluding hydrogens is 198 g/mol. The number of benzene rings is 1. The number of H-pyrrole nitrogens is 1. The molecule has 0 aliphatic heterocycles. The molecule has 0 saturated heterocycles. The van der Waals surface area contributed by atoms with Crippen LogP contribution in [0.2, 0.25) is 0 Å². The van der Waals surface area contributed by atoms with E-state index < -0.39 is 0 Å². The number of aromatic hydroxyl groups is 1. The lowest BCUT2D eigenvalue weighted by Gasteiger charge is -1.95. The summed E-state index contributed by atoms with van der Waals surface area (Å²) in [6.07, 6.45) is 0. The van der Waals surface area contributed by atoms with Crippen molar-refractivity contribution in [3.8, 4) is 5.75 Å². The number of aromatic nitrogens is 1. The van der Waals surface area contributed by atoms with Gasteiger partial charge in [-0.2, -0.15) is 0 Å². The molecule has 2 aromatic rings. The van der Waals surface area contributed by atoms with Crippen molar-refractivity contribution in [2.24, 2.45) is 0 Å². The summed E-state index contributed by atoms with van der Waals surface area (Å²) < 4.78 is 0.833. The second-order valence-electron chi connectivity index (χ2n) is 2.62. The SMILES string of the molecule is CC.Cc1ccc(O)c2[nH]c(=O)sc12. The van der Waals surface area contributed by atoms with Crippen LogP contribution < -0.4 is 4.87 Å². The van der Waals surface area contributed by atoms with Crippen LogP contribution in [0.3, 0.4) is 0 Å². The summed E-state index contributed by atoms with van der Waals surface area (Å²) in [5.74, 6) is 0.133. The molecule has 0 unspecified atom stereocenters. The van der Waals surface area contributed by atoms with Gasteiger partial charge in [-0.25, -0.2) is 0 Å². The van der Waals surface area contributed by atoms with Crippen molar-refractivity contribution < 1.29 is 5.11 Å². The first-order valence-corrected chi connectivity index (χ1v) is 5.31. The lowest BCUT2D eigenvalue weighted by molar-refractivity contribution is 0.480. The first-order chi connectivity index (χ1) is 6.68. The van der Waals surface area contributed by atoms with Crippen LogP contribution in [0.25, 0.3) is 10.2 Å². The molecule has 1 aromatic carbocycles. The largest absolute Gasteiger partial charge is 0.506 e. The van der Waals surface area contributed by atoms with Crippen molar-refractivity contribution in [1.82, 2.24) is 4.98 Å². The molecule has 0 amide bonds. The first-order valence-electron chi connectivity index (χ1n) is 4.50. The van der Waals surface area contributed by atoms with Gasteiger partial charge in [0, 0.05) is 0 Å². The number of rotatable bonds is 0. The Morgan fingerprint density at radius 1 is 1.36 bits per heavy atom. The fourth-order valence-corrected chi connectivity index (χ4v) is 1.97. The summed E-state index contributed by atoms with van der Waals surface area (Å²) in [5.41, 5.74) is 1.55. The average Bonchev–Trinajstić information content (AvgIpc) is 2.58. The molecule has 2 rings (SSSR count). The Labute approximate surface area is 86.0 Å². The van der Waals surface area contributed by atoms with Gasteiger partial charge in [-0.15, -0.1) is 0 Å². The fourth-order valence-electron chi connectivity index (χ4n) is 1.15. The van der Waals surface area contributed by atoms with Crippen LogP contribution in [0.5, 0.6) is 5.75 Å². The number of aromatic amines is 1. The third-order valence-corrected chi connectivity index (χ3v) is 2.77. The van der Waals surface area contributed by atoms with E-state index in [9.17, 15) is 9.90 Å². The zero-order valence-corrected chi connectivity index (χ0v) is 9.23. The van der Waals surface area contributed by atoms with Gasteiger partial charge in [0.25, 0.3) is 0 Å². The van der Waals surface area contributed by atoms with Crippen molar-refractivity contribution in [2.75, 3.05) is 0 Å². The van der Waals surface area contributed by atoms with Crippen LogP contribution in [0.4, 0.5) is 0 Å². The Hall–Kier alpha value is -1.29. The molecule has 1 heterocycles. The zero-order chi connectivity index (χ0) is 10.7. The van der Waals surface area contributed by atoms with Crippen LogP contribution in [0, 0.1) is 6.92 Å². The second-order valence-corrected chi connectivity index (χ2v) is 3.60. The van der Waals surface area contributed by atoms with Gasteiger partial charge in [-0.1, -0.05) is 31.3 Å². The van der Waals surface area contributed by atoms with E-state index in [-0.39, 0.29) is 10.6 Å². The molecule has 0 aliphatic carbocycles. The van der Waals surface area contributed by atoms with E-state index in [2.05, 4.69) is 4.98 Å². The van der Waals surface area contributed by atoms with E-state index >= 15 is 0 Å². The van der Waals surface area contributed by atoms with Crippen LogP contribution in [0.1, 0.15) is 19.4 Å². The molecule has 14 heavy (non-hydrogen) atoms. The van der Waals surface area contributed by atoms with Gasteiger partial charge in [-0.05, 0) is 18.6 Å². The molecule has 0 saturated carbocycles. The zero-order valence-electron chi connectivity index (χ0n) is 8.42. The minimum Gasteiger partial charge on any atom is -0.506 e. The van der Waals surface area contributed by atoms with E-state index in [1.807, 2.05) is 20.8 Å². The number of fused-ring (bicyclic) bond motifs is 1. The minimum atomic E-state index is -0.130. The van der Waals surface area contributed by atoms with E-state index in [1.54, 1.807) is 12.1 Å². The highest BCUT2D eigenvalue weighted by Gasteiger charge is 2.05. The van der Waals surface area contributed by atoms with Gasteiger partial charge >= 0.3 is 4.87 Å². The Morgan fingerprint density at radius 2 is 2.00 bits per heavy atom. The molecule has 0 fully saturated rings. The number of aryl methyl sites for hydroxylation is 1. The van der Waals surface area contributed by atoms with Crippen LogP contribution >= 0.6 is 11.3 Å². The highest BCUT2D eigenvalue weighted by atomic mass is 32.1. The summed E-state index contributed by atoms with van der Waals surface area (Å²) in [4.78, 5) is 13.4. The lowest BCUT2D eigenvalue weighted by atomic mass is 10.2. The number of hydrogen-bond donors (Lipinski definition) is 2. The molecule has 4 heteroatoms. The van der Waals surface area contributed by atoms with E-state index in [4.69, 9.17) is 0 Å². The lowest BCUT2D eigenvalue weighted by Crippen LogP contribution is -1.89. The molecule has 0 radical (unpaired) electrons. The van der Waals surface area contributed by atoms with E-state index in [0.29, 0.717) is 5.52 Å². The molecule has 0 bridgehead atoms. The predicted molar refractivity (Wildman–Crippen MR) is 60.2 cm³/mol. The third-order valence-electron chi connectivity index (χ3n) is 1.75. The molecule has 3 nitrogen and oxygen atoms in total. The normalized spacial score (nSPS) is 9.64. The van der Waals surface area contributed by atoms with Crippen LogP contribution in [-0.2, 0) is 0 Å². The Bertz CT molecular complexity index is 442. The van der Waals surface area contributed by atoms with Gasteiger partial charge in [0.1, 0.15) is 11.3 Å². The monoisotopic (exact) mass is 211 g/mol. The summed E-state index contributed by atoms with van der Waals surface area (Å²) >= 11 is 1.12.